The van der Waals surface area contributed by atoms with Crippen LogP contribution in [0.15, 0.2) is 46.7 Å². The zero-order valence-corrected chi connectivity index (χ0v) is 27.4. The molecule has 0 spiro atoms. The normalized spacial score (nSPS) is 21.0. The van der Waals surface area contributed by atoms with Crippen LogP contribution in [0.4, 0.5) is 0 Å². The standard InChI is InChI=1S/C28H35ClN4O6S2.C2H6/c1-3-39-25(35)17-31(2)27(30)19-9-7-18(8-10-19)14-33-22(28(36)37)15-32(16-24(33)34)41(38)26-13-20-5-4-6-21(29)11-12-23(20)40-26;1-2/h4,6-10,13,21-22,25,30,35H,3,5,11-12,14-17H2,1-2H3,(H,36,37);1-2H3/b6-4-,30-27?;. The number of amidine groups is 1. The number of piperazine rings is 1. The van der Waals surface area contributed by atoms with Crippen molar-refractivity contribution in [2.75, 3.05) is 33.3 Å². The molecule has 13 heteroatoms. The van der Waals surface area contributed by atoms with Crippen LogP contribution < -0.4 is 0 Å². The third-order valence-corrected chi connectivity index (χ3v) is 10.3. The van der Waals surface area contributed by atoms with Crippen molar-refractivity contribution in [3.63, 3.8) is 0 Å². The molecule has 1 aromatic heterocycles. The molecule has 3 N–H and O–H groups in total. The predicted octanol–water partition coefficient (Wildman–Crippen LogP) is 3.86. The van der Waals surface area contributed by atoms with Gasteiger partial charge in [0.1, 0.15) is 27.1 Å². The fourth-order valence-corrected chi connectivity index (χ4v) is 7.86. The van der Waals surface area contributed by atoms with E-state index in [2.05, 4.69) is 0 Å². The van der Waals surface area contributed by atoms with E-state index in [-0.39, 0.29) is 37.4 Å². The highest BCUT2D eigenvalue weighted by molar-refractivity contribution is 7.85. The first-order valence-electron chi connectivity index (χ1n) is 14.4. The van der Waals surface area contributed by atoms with Crippen molar-refractivity contribution in [2.45, 2.75) is 68.5 Å². The second-order valence-electron chi connectivity index (χ2n) is 9.98. The number of likely N-dealkylation sites (N-methyl/N-ethyl adjacent to an activating group) is 1. The second-order valence-corrected chi connectivity index (χ2v) is 13.4. The Morgan fingerprint density at radius 1 is 1.30 bits per heavy atom. The maximum atomic E-state index is 13.5. The number of carbonyl (C=O) groups is 2. The number of thiophene rings is 1. The smallest absolute Gasteiger partial charge is 0.327 e. The molecular formula is C30H41ClN4O6S2. The second kappa shape index (κ2) is 16.5. The highest BCUT2D eigenvalue weighted by Crippen LogP contribution is 2.31. The Morgan fingerprint density at radius 3 is 2.65 bits per heavy atom. The summed E-state index contributed by atoms with van der Waals surface area (Å²) in [5.41, 5.74) is 2.39. The zero-order chi connectivity index (χ0) is 31.7. The molecule has 0 radical (unpaired) electrons. The van der Waals surface area contributed by atoms with E-state index >= 15 is 0 Å². The first kappa shape index (κ1) is 34.9. The van der Waals surface area contributed by atoms with Crippen LogP contribution in [0.3, 0.4) is 0 Å². The molecule has 1 fully saturated rings. The number of ether oxygens (including phenoxy) is 1. The fraction of sp³-hybridized carbons (Fsp3) is 0.500. The maximum Gasteiger partial charge on any atom is 0.327 e. The Morgan fingerprint density at radius 2 is 2.00 bits per heavy atom. The van der Waals surface area contributed by atoms with Crippen molar-refractivity contribution >= 4 is 51.6 Å². The van der Waals surface area contributed by atoms with E-state index in [9.17, 15) is 24.0 Å². The summed E-state index contributed by atoms with van der Waals surface area (Å²) in [6.07, 6.45) is 5.24. The van der Waals surface area contributed by atoms with Gasteiger partial charge in [-0.25, -0.2) is 13.3 Å². The van der Waals surface area contributed by atoms with Gasteiger partial charge in [0.05, 0.1) is 18.5 Å². The number of hydrogen-bond acceptors (Lipinski definition) is 7. The van der Waals surface area contributed by atoms with Crippen molar-refractivity contribution < 1.29 is 28.7 Å². The predicted molar refractivity (Wildman–Crippen MR) is 170 cm³/mol. The van der Waals surface area contributed by atoms with E-state index in [1.807, 2.05) is 32.1 Å². The van der Waals surface area contributed by atoms with Crippen molar-refractivity contribution in [1.82, 2.24) is 14.1 Å². The van der Waals surface area contributed by atoms with Gasteiger partial charge in [0, 0.05) is 37.2 Å². The van der Waals surface area contributed by atoms with Gasteiger partial charge in [-0.15, -0.1) is 22.9 Å². The SMILES string of the molecule is CC.CCOC(O)CN(C)C(=N)c1ccc(CN2C(=O)CN(S(=O)c3cc4c(s3)CCC(Cl)/C=C\C4)CC2C(=O)O)cc1. The highest BCUT2D eigenvalue weighted by Gasteiger charge is 2.39. The summed E-state index contributed by atoms with van der Waals surface area (Å²) in [4.78, 5) is 29.4. The molecule has 0 saturated carbocycles. The van der Waals surface area contributed by atoms with E-state index < -0.39 is 35.2 Å². The van der Waals surface area contributed by atoms with Crippen LogP contribution in [0.2, 0.25) is 0 Å². The van der Waals surface area contributed by atoms with Gasteiger partial charge < -0.3 is 24.7 Å². The molecule has 1 aliphatic carbocycles. The molecule has 1 saturated heterocycles. The highest BCUT2D eigenvalue weighted by atomic mass is 35.5. The van der Waals surface area contributed by atoms with Crippen LogP contribution in [0.5, 0.6) is 0 Å². The largest absolute Gasteiger partial charge is 0.480 e. The Bertz CT molecular complexity index is 1320. The number of aliphatic hydroxyl groups is 1. The third kappa shape index (κ3) is 9.19. The number of benzene rings is 1. The molecule has 236 valence electrons. The summed E-state index contributed by atoms with van der Waals surface area (Å²) in [5, 5.41) is 28.2. The Balaban J connectivity index is 0.00000248. The van der Waals surface area contributed by atoms with Gasteiger partial charge in [-0.1, -0.05) is 50.3 Å². The van der Waals surface area contributed by atoms with Gasteiger partial charge in [-0.05, 0) is 43.4 Å². The average molecular weight is 653 g/mol. The van der Waals surface area contributed by atoms with Crippen molar-refractivity contribution in [1.29, 1.82) is 5.41 Å². The molecule has 2 heterocycles. The first-order valence-corrected chi connectivity index (χ1v) is 16.7. The number of carboxylic acids is 1. The molecule has 4 atom stereocenters. The third-order valence-electron chi connectivity index (χ3n) is 7.03. The molecule has 4 unspecified atom stereocenters. The van der Waals surface area contributed by atoms with Crippen molar-refractivity contribution in [3.05, 3.63) is 64.1 Å². The van der Waals surface area contributed by atoms with Crippen LogP contribution in [0.25, 0.3) is 0 Å². The maximum absolute atomic E-state index is 13.5. The number of nitrogens with zero attached hydrogens (tertiary/aromatic N) is 3. The van der Waals surface area contributed by atoms with Gasteiger partial charge >= 0.3 is 5.97 Å². The topological polar surface area (TPSA) is 134 Å². The number of carboxylic acid groups (broad SMARTS) is 1. The van der Waals surface area contributed by atoms with Crippen molar-refractivity contribution in [2.24, 2.45) is 0 Å². The van der Waals surface area contributed by atoms with E-state index in [0.29, 0.717) is 28.4 Å². The van der Waals surface area contributed by atoms with Crippen LogP contribution in [0.1, 0.15) is 48.8 Å². The lowest BCUT2D eigenvalue weighted by Crippen LogP contribution is -2.59. The molecule has 10 nitrogen and oxygen atoms in total. The summed E-state index contributed by atoms with van der Waals surface area (Å²) in [6, 6.07) is 7.67. The fourth-order valence-electron chi connectivity index (χ4n) is 4.81. The van der Waals surface area contributed by atoms with E-state index in [4.69, 9.17) is 21.7 Å². The number of aliphatic carboxylic acids is 1. The quantitative estimate of drug-likeness (QED) is 0.117. The summed E-state index contributed by atoms with van der Waals surface area (Å²) >= 11 is 7.71. The molecule has 1 amide bonds. The number of amides is 1. The monoisotopic (exact) mass is 652 g/mol. The van der Waals surface area contributed by atoms with Crippen LogP contribution in [0, 0.1) is 5.41 Å². The van der Waals surface area contributed by atoms with E-state index in [1.54, 1.807) is 43.1 Å². The lowest BCUT2D eigenvalue weighted by Gasteiger charge is -2.38. The minimum absolute atomic E-state index is 0.0365. The minimum Gasteiger partial charge on any atom is -0.480 e. The zero-order valence-electron chi connectivity index (χ0n) is 25.0. The molecule has 1 aromatic carbocycles. The van der Waals surface area contributed by atoms with Gasteiger partial charge in [-0.3, -0.25) is 10.2 Å². The van der Waals surface area contributed by atoms with Crippen LogP contribution in [-0.2, 0) is 44.7 Å². The Hall–Kier alpha value is -2.61. The van der Waals surface area contributed by atoms with E-state index in [1.165, 1.54) is 20.5 Å². The number of halogens is 1. The van der Waals surface area contributed by atoms with Gasteiger partial charge in [0.15, 0.2) is 6.29 Å². The number of aryl methyl sites for hydroxylation is 1. The lowest BCUT2D eigenvalue weighted by atomic mass is 10.1. The number of alkyl halides is 1. The molecular weight excluding hydrogens is 612 g/mol. The number of carbonyl (C=O) groups excluding carboxylic acids is 1. The number of aliphatic hydroxyl groups excluding tert-OH is 1. The summed E-state index contributed by atoms with van der Waals surface area (Å²) < 4.78 is 20.7. The summed E-state index contributed by atoms with van der Waals surface area (Å²) in [5.74, 6) is -1.39. The van der Waals surface area contributed by atoms with Crippen molar-refractivity contribution in [3.8, 4) is 0 Å². The number of fused-ring (bicyclic) bond motifs is 1. The lowest BCUT2D eigenvalue weighted by molar-refractivity contribution is -0.154. The van der Waals surface area contributed by atoms with Crippen LogP contribution >= 0.6 is 22.9 Å². The first-order chi connectivity index (χ1) is 20.6. The summed E-state index contributed by atoms with van der Waals surface area (Å²) in [7, 11) is 0.0149. The number of allylic oxidation sites excluding steroid dienone is 2. The molecule has 2 aromatic rings. The van der Waals surface area contributed by atoms with Gasteiger partial charge in [0.25, 0.3) is 0 Å². The Labute approximate surface area is 265 Å². The van der Waals surface area contributed by atoms with E-state index in [0.717, 1.165) is 23.3 Å². The summed E-state index contributed by atoms with van der Waals surface area (Å²) in [6.45, 7) is 6.13. The number of rotatable bonds is 10. The molecule has 0 bridgehead atoms. The minimum atomic E-state index is -1.66. The molecule has 43 heavy (non-hydrogen) atoms. The number of hydrogen-bond donors (Lipinski definition) is 3. The van der Waals surface area contributed by atoms with Gasteiger partial charge in [-0.2, -0.15) is 0 Å². The van der Waals surface area contributed by atoms with Gasteiger partial charge in [0.2, 0.25) is 5.91 Å². The average Bonchev–Trinajstić information content (AvgIpc) is 3.38. The molecule has 1 aliphatic heterocycles. The Kier molecular flexibility index (Phi) is 13.3. The number of nitrogens with one attached hydrogen (secondary N) is 1. The molecule has 4 rings (SSSR count). The van der Waals surface area contributed by atoms with Crippen LogP contribution in [-0.4, -0.2) is 97.2 Å². The molecule has 2 aliphatic rings.